The van der Waals surface area contributed by atoms with Gasteiger partial charge in [-0.15, -0.1) is 0 Å². The van der Waals surface area contributed by atoms with Gasteiger partial charge in [0.15, 0.2) is 0 Å². The second kappa shape index (κ2) is 8.55. The molecule has 2 amide bonds. The Hall–Kier alpha value is -2.38. The summed E-state index contributed by atoms with van der Waals surface area (Å²) >= 11 is 0. The van der Waals surface area contributed by atoms with Crippen LogP contribution in [0.15, 0.2) is 24.3 Å². The van der Waals surface area contributed by atoms with Crippen molar-refractivity contribution in [3.05, 3.63) is 29.8 Å². The number of carbonyl (C=O) groups is 3. The molecule has 2 aliphatic carbocycles. The molecule has 0 saturated heterocycles. The highest BCUT2D eigenvalue weighted by molar-refractivity contribution is 5.95. The summed E-state index contributed by atoms with van der Waals surface area (Å²) in [5.74, 6) is -2.05. The number of hydrogen-bond acceptors (Lipinski definition) is 3. The standard InChI is InChI=1S/C21H25F3N2O3/c1-2-26(20(29)21(22,23)24)12-13-5-3-8-17(9-13)25-19(28)16-10-14-6-4-7-15(11-16)18(14)27/h3,5,8-9,14-16H,2,4,6-7,10-12H2,1H3,(H,25,28)/t14-,15-/m1/s1. The zero-order chi connectivity index (χ0) is 21.2. The smallest absolute Gasteiger partial charge is 0.331 e. The predicted molar refractivity (Wildman–Crippen MR) is 101 cm³/mol. The van der Waals surface area contributed by atoms with E-state index in [4.69, 9.17) is 0 Å². The number of Topliss-reactive ketones (excluding diaryl/α,β-unsaturated/α-hetero) is 1. The summed E-state index contributed by atoms with van der Waals surface area (Å²) in [7, 11) is 0. The number of alkyl halides is 3. The maximum Gasteiger partial charge on any atom is 0.471 e. The maximum atomic E-state index is 12.7. The fourth-order valence-electron chi connectivity index (χ4n) is 4.41. The van der Waals surface area contributed by atoms with Crippen LogP contribution in [0.25, 0.3) is 0 Å². The van der Waals surface area contributed by atoms with Gasteiger partial charge in [0.2, 0.25) is 5.91 Å². The Bertz CT molecular complexity index is 778. The highest BCUT2D eigenvalue weighted by Gasteiger charge is 2.42. The third-order valence-corrected chi connectivity index (χ3v) is 5.90. The first-order chi connectivity index (χ1) is 13.7. The molecule has 5 nitrogen and oxygen atoms in total. The lowest BCUT2D eigenvalue weighted by Crippen LogP contribution is -2.40. The number of halogens is 3. The number of benzene rings is 1. The summed E-state index contributed by atoms with van der Waals surface area (Å²) in [5.41, 5.74) is 0.975. The van der Waals surface area contributed by atoms with E-state index in [2.05, 4.69) is 5.32 Å². The first-order valence-electron chi connectivity index (χ1n) is 9.98. The number of rotatable bonds is 5. The summed E-state index contributed by atoms with van der Waals surface area (Å²) in [6, 6.07) is 6.50. The second-order valence-electron chi connectivity index (χ2n) is 7.90. The lowest BCUT2D eigenvalue weighted by atomic mass is 9.67. The zero-order valence-corrected chi connectivity index (χ0v) is 16.3. The fraction of sp³-hybridized carbons (Fsp3) is 0.571. The molecule has 8 heteroatoms. The summed E-state index contributed by atoms with van der Waals surface area (Å²) in [4.78, 5) is 37.1. The van der Waals surface area contributed by atoms with E-state index >= 15 is 0 Å². The van der Waals surface area contributed by atoms with E-state index in [-0.39, 0.29) is 42.5 Å². The van der Waals surface area contributed by atoms with Crippen LogP contribution in [0, 0.1) is 17.8 Å². The molecule has 0 spiro atoms. The molecule has 1 aromatic rings. The number of anilines is 1. The number of hydrogen-bond donors (Lipinski definition) is 1. The molecule has 29 heavy (non-hydrogen) atoms. The maximum absolute atomic E-state index is 12.7. The van der Waals surface area contributed by atoms with Gasteiger partial charge in [-0.2, -0.15) is 13.2 Å². The molecule has 0 aromatic heterocycles. The Balaban J connectivity index is 1.64. The molecule has 1 aromatic carbocycles. The Morgan fingerprint density at radius 2 is 1.83 bits per heavy atom. The predicted octanol–water partition coefficient (Wildman–Crippen LogP) is 3.93. The van der Waals surface area contributed by atoms with Crippen LogP contribution in [0.2, 0.25) is 0 Å². The molecule has 3 rings (SSSR count). The lowest BCUT2D eigenvalue weighted by Gasteiger charge is -2.36. The van der Waals surface area contributed by atoms with Crippen molar-refractivity contribution in [2.45, 2.75) is 51.7 Å². The second-order valence-corrected chi connectivity index (χ2v) is 7.90. The molecular weight excluding hydrogens is 385 g/mol. The molecule has 0 heterocycles. The Kier molecular flexibility index (Phi) is 6.29. The molecule has 2 aliphatic rings. The van der Waals surface area contributed by atoms with Crippen LogP contribution in [0.1, 0.15) is 44.6 Å². The normalized spacial score (nSPS) is 24.1. The number of fused-ring (bicyclic) bond motifs is 2. The van der Waals surface area contributed by atoms with Crippen molar-refractivity contribution >= 4 is 23.3 Å². The lowest BCUT2D eigenvalue weighted by molar-refractivity contribution is -0.185. The highest BCUT2D eigenvalue weighted by Crippen LogP contribution is 2.40. The van der Waals surface area contributed by atoms with Gasteiger partial charge in [0.05, 0.1) is 0 Å². The first kappa shape index (κ1) is 21.3. The van der Waals surface area contributed by atoms with Gasteiger partial charge in [-0.25, -0.2) is 0 Å². The van der Waals surface area contributed by atoms with E-state index in [0.29, 0.717) is 24.1 Å². The Morgan fingerprint density at radius 3 is 2.41 bits per heavy atom. The quantitative estimate of drug-likeness (QED) is 0.800. The van der Waals surface area contributed by atoms with Gasteiger partial charge in [0.25, 0.3) is 0 Å². The molecule has 158 valence electrons. The number of amides is 2. The van der Waals surface area contributed by atoms with Gasteiger partial charge < -0.3 is 10.2 Å². The monoisotopic (exact) mass is 410 g/mol. The van der Waals surface area contributed by atoms with Crippen molar-refractivity contribution < 1.29 is 27.6 Å². The Morgan fingerprint density at radius 1 is 1.17 bits per heavy atom. The Labute approximate surface area is 167 Å². The topological polar surface area (TPSA) is 66.5 Å². The summed E-state index contributed by atoms with van der Waals surface area (Å²) < 4.78 is 38.1. The van der Waals surface area contributed by atoms with Crippen LogP contribution in [-0.4, -0.2) is 35.2 Å². The van der Waals surface area contributed by atoms with Crippen LogP contribution in [-0.2, 0) is 20.9 Å². The molecule has 0 aliphatic heterocycles. The van der Waals surface area contributed by atoms with Gasteiger partial charge in [-0.1, -0.05) is 18.6 Å². The van der Waals surface area contributed by atoms with Gasteiger partial charge in [-0.3, -0.25) is 14.4 Å². The van der Waals surface area contributed by atoms with Crippen LogP contribution in [0.4, 0.5) is 18.9 Å². The molecule has 0 unspecified atom stereocenters. The number of carbonyl (C=O) groups excluding carboxylic acids is 3. The van der Waals surface area contributed by atoms with E-state index in [0.717, 1.165) is 24.2 Å². The van der Waals surface area contributed by atoms with Crippen molar-refractivity contribution in [2.75, 3.05) is 11.9 Å². The molecule has 2 bridgehead atoms. The van der Waals surface area contributed by atoms with Crippen molar-refractivity contribution in [2.24, 2.45) is 17.8 Å². The molecule has 2 atom stereocenters. The van der Waals surface area contributed by atoms with E-state index in [1.165, 1.54) is 6.92 Å². The molecule has 0 radical (unpaired) electrons. The van der Waals surface area contributed by atoms with Crippen LogP contribution < -0.4 is 5.32 Å². The molecule has 1 N–H and O–H groups in total. The summed E-state index contributed by atoms with van der Waals surface area (Å²) in [6.45, 7) is 1.21. The van der Waals surface area contributed by atoms with E-state index < -0.39 is 12.1 Å². The van der Waals surface area contributed by atoms with E-state index in [1.54, 1.807) is 24.3 Å². The van der Waals surface area contributed by atoms with E-state index in [1.807, 2.05) is 0 Å². The molecular formula is C21H25F3N2O3. The van der Waals surface area contributed by atoms with Crippen molar-refractivity contribution in [1.82, 2.24) is 4.90 Å². The molecule has 2 saturated carbocycles. The SMILES string of the molecule is CCN(Cc1cccc(NC(=O)C2C[C@H]3CCC[C@H](C2)C3=O)c1)C(=O)C(F)(F)F. The first-order valence-corrected chi connectivity index (χ1v) is 9.98. The van der Waals surface area contributed by atoms with Crippen LogP contribution >= 0.6 is 0 Å². The number of nitrogens with one attached hydrogen (secondary N) is 1. The zero-order valence-electron chi connectivity index (χ0n) is 16.3. The highest BCUT2D eigenvalue weighted by atomic mass is 19.4. The largest absolute Gasteiger partial charge is 0.471 e. The summed E-state index contributed by atoms with van der Waals surface area (Å²) in [5, 5.41) is 2.83. The average molecular weight is 410 g/mol. The molecule has 2 fully saturated rings. The minimum absolute atomic E-state index is 0.0314. The summed E-state index contributed by atoms with van der Waals surface area (Å²) in [6.07, 6.45) is -1.08. The van der Waals surface area contributed by atoms with Gasteiger partial charge in [-0.05, 0) is 50.3 Å². The third-order valence-electron chi connectivity index (χ3n) is 5.90. The van der Waals surface area contributed by atoms with Crippen molar-refractivity contribution in [3.63, 3.8) is 0 Å². The number of nitrogens with zero attached hydrogens (tertiary/aromatic N) is 1. The van der Waals surface area contributed by atoms with E-state index in [9.17, 15) is 27.6 Å². The van der Waals surface area contributed by atoms with Crippen molar-refractivity contribution in [1.29, 1.82) is 0 Å². The van der Waals surface area contributed by atoms with Gasteiger partial charge in [0.1, 0.15) is 5.78 Å². The van der Waals surface area contributed by atoms with Gasteiger partial charge in [0, 0.05) is 36.5 Å². The fourth-order valence-corrected chi connectivity index (χ4v) is 4.41. The van der Waals surface area contributed by atoms with Crippen LogP contribution in [0.3, 0.4) is 0 Å². The minimum atomic E-state index is -4.92. The van der Waals surface area contributed by atoms with Crippen LogP contribution in [0.5, 0.6) is 0 Å². The minimum Gasteiger partial charge on any atom is -0.331 e. The van der Waals surface area contributed by atoms with Gasteiger partial charge >= 0.3 is 12.1 Å². The van der Waals surface area contributed by atoms with Crippen molar-refractivity contribution in [3.8, 4) is 0 Å². The number of ketones is 1. The third kappa shape index (κ3) is 4.97. The average Bonchev–Trinajstić information content (AvgIpc) is 2.65.